The first-order chi connectivity index (χ1) is 10.1. The molecule has 0 saturated carbocycles. The van der Waals surface area contributed by atoms with E-state index in [1.165, 1.54) is 5.56 Å². The Balaban J connectivity index is 2.31. The van der Waals surface area contributed by atoms with E-state index in [9.17, 15) is 10.2 Å². The maximum absolute atomic E-state index is 9.96. The Morgan fingerprint density at radius 2 is 2.14 bits per heavy atom. The third-order valence-electron chi connectivity index (χ3n) is 3.46. The van der Waals surface area contributed by atoms with Gasteiger partial charge in [0.1, 0.15) is 18.5 Å². The number of nitrogens with one attached hydrogen (secondary N) is 1. The normalized spacial score (nSPS) is 15.5. The molecule has 0 amide bonds. The van der Waals surface area contributed by atoms with Gasteiger partial charge in [0.25, 0.3) is 0 Å². The molecule has 0 heterocycles. The van der Waals surface area contributed by atoms with E-state index in [-0.39, 0.29) is 24.5 Å². The second-order valence-electron chi connectivity index (χ2n) is 5.12. The van der Waals surface area contributed by atoms with Crippen LogP contribution in [0.5, 0.6) is 5.75 Å². The summed E-state index contributed by atoms with van der Waals surface area (Å²) in [5.74, 6) is 0.791. The van der Waals surface area contributed by atoms with Crippen molar-refractivity contribution in [3.8, 4) is 5.75 Å². The Morgan fingerprint density at radius 1 is 1.38 bits per heavy atom. The molecule has 0 saturated heterocycles. The van der Waals surface area contributed by atoms with Crippen LogP contribution in [0.4, 0.5) is 0 Å². The standard InChI is InChI=1S/C16H27NO3S/c1-4-13-6-5-7-15(8-13)20-11-14(19)9-17-12(2)16(10-18)21-3/h5-8,12,14,16-19H,4,9-11H2,1-3H3. The minimum absolute atomic E-state index is 0.131. The average Bonchev–Trinajstić information content (AvgIpc) is 2.52. The maximum atomic E-state index is 9.96. The maximum Gasteiger partial charge on any atom is 0.119 e. The van der Waals surface area contributed by atoms with Crippen molar-refractivity contribution in [2.45, 2.75) is 37.7 Å². The number of aliphatic hydroxyl groups is 2. The smallest absolute Gasteiger partial charge is 0.119 e. The monoisotopic (exact) mass is 313 g/mol. The van der Waals surface area contributed by atoms with Gasteiger partial charge >= 0.3 is 0 Å². The van der Waals surface area contributed by atoms with E-state index in [4.69, 9.17) is 4.74 Å². The van der Waals surface area contributed by atoms with Crippen LogP contribution in [0.3, 0.4) is 0 Å². The molecule has 3 unspecified atom stereocenters. The molecule has 1 aromatic carbocycles. The van der Waals surface area contributed by atoms with Gasteiger partial charge in [-0.05, 0) is 37.3 Å². The molecule has 0 fully saturated rings. The zero-order valence-corrected chi connectivity index (χ0v) is 13.9. The highest BCUT2D eigenvalue weighted by Crippen LogP contribution is 2.14. The second-order valence-corrected chi connectivity index (χ2v) is 6.20. The van der Waals surface area contributed by atoms with Gasteiger partial charge in [0.05, 0.1) is 6.61 Å². The lowest BCUT2D eigenvalue weighted by Gasteiger charge is -2.23. The lowest BCUT2D eigenvalue weighted by Crippen LogP contribution is -2.42. The van der Waals surface area contributed by atoms with Crippen LogP contribution in [0.2, 0.25) is 0 Å². The summed E-state index contributed by atoms with van der Waals surface area (Å²) >= 11 is 1.62. The fourth-order valence-corrected chi connectivity index (χ4v) is 2.65. The molecule has 0 radical (unpaired) electrons. The number of benzene rings is 1. The van der Waals surface area contributed by atoms with E-state index in [1.54, 1.807) is 11.8 Å². The lowest BCUT2D eigenvalue weighted by molar-refractivity contribution is 0.103. The van der Waals surface area contributed by atoms with Crippen molar-refractivity contribution in [1.82, 2.24) is 5.32 Å². The fraction of sp³-hybridized carbons (Fsp3) is 0.625. The van der Waals surface area contributed by atoms with Crippen LogP contribution < -0.4 is 10.1 Å². The van der Waals surface area contributed by atoms with E-state index >= 15 is 0 Å². The minimum atomic E-state index is -0.570. The summed E-state index contributed by atoms with van der Waals surface area (Å²) < 4.78 is 5.61. The Bertz CT molecular complexity index is 399. The quantitative estimate of drug-likeness (QED) is 0.614. The van der Waals surface area contributed by atoms with Crippen LogP contribution in [-0.2, 0) is 6.42 Å². The lowest BCUT2D eigenvalue weighted by atomic mass is 10.2. The molecule has 1 rings (SSSR count). The topological polar surface area (TPSA) is 61.7 Å². The summed E-state index contributed by atoms with van der Waals surface area (Å²) in [4.78, 5) is 0. The highest BCUT2D eigenvalue weighted by molar-refractivity contribution is 7.99. The van der Waals surface area contributed by atoms with Crippen molar-refractivity contribution < 1.29 is 14.9 Å². The molecule has 5 heteroatoms. The zero-order valence-electron chi connectivity index (χ0n) is 13.1. The Labute approximate surface area is 131 Å². The highest BCUT2D eigenvalue weighted by atomic mass is 32.2. The molecule has 0 aliphatic heterocycles. The van der Waals surface area contributed by atoms with Crippen molar-refractivity contribution in [3.05, 3.63) is 29.8 Å². The summed E-state index contributed by atoms with van der Waals surface area (Å²) in [6, 6.07) is 8.06. The average molecular weight is 313 g/mol. The molecule has 0 aromatic heterocycles. The van der Waals surface area contributed by atoms with Gasteiger partial charge < -0.3 is 20.3 Å². The van der Waals surface area contributed by atoms with Crippen LogP contribution in [0.25, 0.3) is 0 Å². The van der Waals surface area contributed by atoms with Crippen LogP contribution in [0.1, 0.15) is 19.4 Å². The predicted octanol–water partition coefficient (Wildman–Crippen LogP) is 1.69. The third-order valence-corrected chi connectivity index (χ3v) is 4.63. The van der Waals surface area contributed by atoms with E-state index in [0.717, 1.165) is 12.2 Å². The molecular weight excluding hydrogens is 286 g/mol. The van der Waals surface area contributed by atoms with Crippen molar-refractivity contribution in [3.63, 3.8) is 0 Å². The SMILES string of the molecule is CCc1cccc(OCC(O)CNC(C)C(CO)SC)c1. The first-order valence-electron chi connectivity index (χ1n) is 7.37. The van der Waals surface area contributed by atoms with Gasteiger partial charge in [0, 0.05) is 17.8 Å². The predicted molar refractivity (Wildman–Crippen MR) is 89.2 cm³/mol. The van der Waals surface area contributed by atoms with Crippen LogP contribution in [0.15, 0.2) is 24.3 Å². The van der Waals surface area contributed by atoms with Gasteiger partial charge in [-0.15, -0.1) is 0 Å². The Kier molecular flexibility index (Phi) is 8.76. The first-order valence-corrected chi connectivity index (χ1v) is 8.66. The molecule has 0 bridgehead atoms. The Hall–Kier alpha value is -0.750. The van der Waals surface area contributed by atoms with Crippen molar-refractivity contribution >= 4 is 11.8 Å². The second kappa shape index (κ2) is 10.1. The van der Waals surface area contributed by atoms with Gasteiger partial charge in [-0.3, -0.25) is 0 Å². The summed E-state index contributed by atoms with van der Waals surface area (Å²) in [5, 5.41) is 22.5. The number of aryl methyl sites for hydroxylation is 1. The number of rotatable bonds is 10. The van der Waals surface area contributed by atoms with Gasteiger partial charge in [-0.25, -0.2) is 0 Å². The minimum Gasteiger partial charge on any atom is -0.491 e. The van der Waals surface area contributed by atoms with E-state index < -0.39 is 6.10 Å². The molecule has 3 N–H and O–H groups in total. The number of thioether (sulfide) groups is 1. The molecule has 4 nitrogen and oxygen atoms in total. The first kappa shape index (κ1) is 18.3. The molecule has 120 valence electrons. The van der Waals surface area contributed by atoms with Gasteiger partial charge in [0.2, 0.25) is 0 Å². The molecule has 3 atom stereocenters. The third kappa shape index (κ3) is 6.70. The van der Waals surface area contributed by atoms with E-state index in [0.29, 0.717) is 6.54 Å². The van der Waals surface area contributed by atoms with Crippen molar-refractivity contribution in [2.75, 3.05) is 26.0 Å². The largest absolute Gasteiger partial charge is 0.491 e. The van der Waals surface area contributed by atoms with Gasteiger partial charge in [-0.2, -0.15) is 11.8 Å². The molecule has 21 heavy (non-hydrogen) atoms. The number of aliphatic hydroxyl groups excluding tert-OH is 2. The van der Waals surface area contributed by atoms with E-state index in [2.05, 4.69) is 18.3 Å². The van der Waals surface area contributed by atoms with Crippen LogP contribution >= 0.6 is 11.8 Å². The van der Waals surface area contributed by atoms with Crippen LogP contribution in [-0.4, -0.2) is 53.6 Å². The molecular formula is C16H27NO3S. The fourth-order valence-electron chi connectivity index (χ4n) is 2.00. The van der Waals surface area contributed by atoms with Crippen molar-refractivity contribution in [1.29, 1.82) is 0 Å². The van der Waals surface area contributed by atoms with Gasteiger partial charge in [-0.1, -0.05) is 19.1 Å². The zero-order chi connectivity index (χ0) is 15.7. The molecule has 0 spiro atoms. The molecule has 1 aromatic rings. The van der Waals surface area contributed by atoms with Crippen molar-refractivity contribution in [2.24, 2.45) is 0 Å². The van der Waals surface area contributed by atoms with Crippen LogP contribution in [0, 0.1) is 0 Å². The Morgan fingerprint density at radius 3 is 2.76 bits per heavy atom. The number of hydrogen-bond donors (Lipinski definition) is 3. The van der Waals surface area contributed by atoms with Gasteiger partial charge in [0.15, 0.2) is 0 Å². The summed E-state index contributed by atoms with van der Waals surface area (Å²) in [7, 11) is 0. The molecule has 0 aliphatic carbocycles. The van der Waals surface area contributed by atoms with E-state index in [1.807, 2.05) is 31.4 Å². The summed E-state index contributed by atoms with van der Waals surface area (Å²) in [6.07, 6.45) is 2.37. The number of ether oxygens (including phenoxy) is 1. The highest BCUT2D eigenvalue weighted by Gasteiger charge is 2.16. The summed E-state index contributed by atoms with van der Waals surface area (Å²) in [6.45, 7) is 4.95. The molecule has 0 aliphatic rings. The number of hydrogen-bond acceptors (Lipinski definition) is 5. The summed E-state index contributed by atoms with van der Waals surface area (Å²) in [5.41, 5.74) is 1.22.